The fourth-order valence-corrected chi connectivity index (χ4v) is 1.45. The summed E-state index contributed by atoms with van der Waals surface area (Å²) in [5.74, 6) is -0.629. The standard InChI is InChI=1S/C8H5NO2S.Na/c10-7-5-3-1-2-4-6(5)8(11)9(7)12;/h1-4,9H;. The third kappa shape index (κ3) is 1.60. The molecule has 1 aromatic rings. The number of benzene rings is 1. The van der Waals surface area contributed by atoms with Gasteiger partial charge in [0.2, 0.25) is 0 Å². The summed E-state index contributed by atoms with van der Waals surface area (Å²) < 4.78 is -0.0869. The summed E-state index contributed by atoms with van der Waals surface area (Å²) in [6, 6.07) is 6.68. The van der Waals surface area contributed by atoms with Crippen LogP contribution in [0.25, 0.3) is 0 Å². The first-order valence-electron chi connectivity index (χ1n) is 3.44. The molecule has 0 unspecified atom stereocenters. The van der Waals surface area contributed by atoms with Crippen molar-refractivity contribution in [2.75, 3.05) is 0 Å². The van der Waals surface area contributed by atoms with Gasteiger partial charge >= 0.3 is 11.8 Å². The maximum absolute atomic E-state index is 11.2. The first kappa shape index (κ1) is 10.9. The number of rotatable bonds is 0. The molecule has 0 saturated heterocycles. The van der Waals surface area contributed by atoms with E-state index < -0.39 is 0 Å². The van der Waals surface area contributed by atoms with Gasteiger partial charge in [-0.15, -0.1) is 0 Å². The van der Waals surface area contributed by atoms with Gasteiger partial charge in [0.1, 0.15) is 0 Å². The van der Waals surface area contributed by atoms with E-state index >= 15 is 0 Å². The molecule has 0 aliphatic carbocycles. The van der Waals surface area contributed by atoms with Crippen LogP contribution < -0.4 is 4.31 Å². The molecule has 5 heteroatoms. The molecule has 13 heavy (non-hydrogen) atoms. The Kier molecular flexibility index (Phi) is 3.32. The van der Waals surface area contributed by atoms with E-state index in [1.807, 2.05) is 0 Å². The van der Waals surface area contributed by atoms with Gasteiger partial charge in [-0.05, 0) is 12.1 Å². The van der Waals surface area contributed by atoms with Gasteiger partial charge in [-0.25, -0.2) is 9.59 Å². The molecular weight excluding hydrogens is 197 g/mol. The van der Waals surface area contributed by atoms with Crippen LogP contribution in [0.15, 0.2) is 24.3 Å². The normalized spacial score (nSPS) is 15.5. The zero-order valence-electron chi connectivity index (χ0n) is 7.03. The number of amides is 2. The fourth-order valence-electron chi connectivity index (χ4n) is 1.23. The smallest absolute Gasteiger partial charge is 0.335 e. The van der Waals surface area contributed by atoms with Crippen LogP contribution in [-0.2, 0) is 12.8 Å². The van der Waals surface area contributed by atoms with Crippen LogP contribution in [0.2, 0.25) is 0 Å². The van der Waals surface area contributed by atoms with Gasteiger partial charge in [0.25, 0.3) is 0 Å². The van der Waals surface area contributed by atoms with E-state index in [0.717, 1.165) is 0 Å². The van der Waals surface area contributed by atoms with Crippen molar-refractivity contribution in [3.05, 3.63) is 35.4 Å². The van der Waals surface area contributed by atoms with Crippen molar-refractivity contribution < 1.29 is 13.9 Å². The Morgan fingerprint density at radius 3 is 1.77 bits per heavy atom. The third-order valence-electron chi connectivity index (χ3n) is 1.83. The molecule has 1 heterocycles. The van der Waals surface area contributed by atoms with Crippen LogP contribution in [0.3, 0.4) is 0 Å². The summed E-state index contributed by atoms with van der Waals surface area (Å²) in [5.41, 5.74) is 0.875. The summed E-state index contributed by atoms with van der Waals surface area (Å²) >= 11 is 4.67. The third-order valence-corrected chi connectivity index (χ3v) is 2.20. The van der Waals surface area contributed by atoms with Gasteiger partial charge in [-0.3, -0.25) is 0 Å². The van der Waals surface area contributed by atoms with Crippen LogP contribution >= 0.6 is 0 Å². The molecule has 0 saturated carbocycles. The molecule has 1 radical (unpaired) electrons. The topological polar surface area (TPSA) is 38.6 Å². The minimum absolute atomic E-state index is 0. The second-order valence-electron chi connectivity index (χ2n) is 2.53. The Bertz CT molecular complexity index is 345. The average molecular weight is 202 g/mol. The van der Waals surface area contributed by atoms with E-state index in [1.54, 1.807) is 24.3 Å². The van der Waals surface area contributed by atoms with Crippen LogP contribution in [0.1, 0.15) is 20.7 Å². The molecule has 1 aliphatic rings. The molecule has 1 aromatic carbocycles. The first-order chi connectivity index (χ1) is 5.72. The zero-order chi connectivity index (χ0) is 8.72. The molecule has 0 atom stereocenters. The van der Waals surface area contributed by atoms with Crippen LogP contribution in [0.4, 0.5) is 0 Å². The average Bonchev–Trinajstić information content (AvgIpc) is 2.33. The summed E-state index contributed by atoms with van der Waals surface area (Å²) in [6.45, 7) is 0. The second kappa shape index (κ2) is 3.94. The fraction of sp³-hybridized carbons (Fsp3) is 0. The Morgan fingerprint density at radius 2 is 1.38 bits per heavy atom. The van der Waals surface area contributed by atoms with Crippen molar-refractivity contribution in [3.8, 4) is 0 Å². The predicted molar refractivity (Wildman–Crippen MR) is 49.2 cm³/mol. The van der Waals surface area contributed by atoms with Gasteiger partial charge in [-0.2, -0.15) is 0 Å². The zero-order valence-corrected chi connectivity index (χ0v) is 9.85. The van der Waals surface area contributed by atoms with Gasteiger partial charge in [0.15, 0.2) is 0 Å². The number of carbonyl (C=O) groups is 2. The molecule has 3 nitrogen and oxygen atoms in total. The molecule has 0 fully saturated rings. The number of carbonyl (C=O) groups excluding carboxylic acids is 2. The quantitative estimate of drug-likeness (QED) is 0.331. The minimum Gasteiger partial charge on any atom is -0.477 e. The van der Waals surface area contributed by atoms with E-state index in [4.69, 9.17) is 0 Å². The number of nitrogens with one attached hydrogen (secondary N) is 1. The molecule has 61 valence electrons. The summed E-state index contributed by atoms with van der Waals surface area (Å²) in [7, 11) is 0. The number of quaternary nitrogens is 1. The number of fused-ring (bicyclic) bond motifs is 1. The predicted octanol–water partition coefficient (Wildman–Crippen LogP) is -1.05. The number of hydrogen-bond donors (Lipinski definition) is 1. The largest absolute Gasteiger partial charge is 0.477 e. The summed E-state index contributed by atoms with van der Waals surface area (Å²) in [6.07, 6.45) is 0. The van der Waals surface area contributed by atoms with Crippen molar-refractivity contribution in [3.63, 3.8) is 0 Å². The van der Waals surface area contributed by atoms with Crippen molar-refractivity contribution in [2.45, 2.75) is 0 Å². The second-order valence-corrected chi connectivity index (χ2v) is 2.94. The molecule has 1 N–H and O–H groups in total. The molecule has 2 rings (SSSR count). The minimum atomic E-state index is -0.314. The van der Waals surface area contributed by atoms with Crippen molar-refractivity contribution in [1.82, 2.24) is 0 Å². The molecule has 1 aliphatic heterocycles. The SMILES string of the molecule is O=C1c2ccccc2C(=O)[NH+]1[S-].[Na]. The van der Waals surface area contributed by atoms with Crippen molar-refractivity contribution in [2.24, 2.45) is 0 Å². The maximum atomic E-state index is 11.2. The Labute approximate surface area is 103 Å². The Morgan fingerprint density at radius 1 is 1.00 bits per heavy atom. The van der Waals surface area contributed by atoms with Gasteiger partial charge < -0.3 is 17.1 Å². The first-order valence-corrected chi connectivity index (χ1v) is 3.85. The van der Waals surface area contributed by atoms with Crippen LogP contribution in [0.5, 0.6) is 0 Å². The monoisotopic (exact) mass is 202 g/mol. The van der Waals surface area contributed by atoms with E-state index in [0.29, 0.717) is 11.1 Å². The summed E-state index contributed by atoms with van der Waals surface area (Å²) in [5, 5.41) is 0. The molecule has 0 spiro atoms. The van der Waals surface area contributed by atoms with Crippen molar-refractivity contribution in [1.29, 1.82) is 0 Å². The van der Waals surface area contributed by atoms with Gasteiger partial charge in [0.05, 0.1) is 11.1 Å². The van der Waals surface area contributed by atoms with E-state index in [1.165, 1.54) is 0 Å². The Balaban J connectivity index is 0.000000845. The maximum Gasteiger partial charge on any atom is 0.335 e. The molecule has 0 bridgehead atoms. The number of imide groups is 1. The van der Waals surface area contributed by atoms with Crippen LogP contribution in [-0.4, -0.2) is 41.4 Å². The summed E-state index contributed by atoms with van der Waals surface area (Å²) in [4.78, 5) is 22.5. The van der Waals surface area contributed by atoms with Gasteiger partial charge in [0, 0.05) is 29.6 Å². The molecule has 0 aromatic heterocycles. The Hall–Kier alpha value is -0.130. The number of hydrogen-bond acceptors (Lipinski definition) is 3. The van der Waals surface area contributed by atoms with E-state index in [9.17, 15) is 9.59 Å². The molecular formula is C8H5NNaO2S. The van der Waals surface area contributed by atoms with E-state index in [2.05, 4.69) is 12.8 Å². The van der Waals surface area contributed by atoms with Gasteiger partial charge in [-0.1, -0.05) is 12.1 Å². The van der Waals surface area contributed by atoms with Crippen LogP contribution in [0, 0.1) is 0 Å². The molecule has 2 amide bonds. The van der Waals surface area contributed by atoms with E-state index in [-0.39, 0.29) is 45.7 Å². The van der Waals surface area contributed by atoms with Crippen molar-refractivity contribution >= 4 is 54.2 Å².